The van der Waals surface area contributed by atoms with Gasteiger partial charge in [0.2, 0.25) is 0 Å². The third-order valence-electron chi connectivity index (χ3n) is 2.48. The van der Waals surface area contributed by atoms with Crippen LogP contribution >= 0.6 is 31.9 Å². The molecular weight excluding hydrogens is 376 g/mol. The lowest BCUT2D eigenvalue weighted by molar-refractivity contribution is 0.0731. The van der Waals surface area contributed by atoms with Crippen molar-refractivity contribution in [1.29, 1.82) is 0 Å². The molecule has 19 heavy (non-hydrogen) atoms. The number of aryl methyl sites for hydroxylation is 1. The first kappa shape index (κ1) is 14.1. The maximum absolute atomic E-state index is 12.0. The number of phenols is 1. The first-order chi connectivity index (χ1) is 8.97. The van der Waals surface area contributed by atoms with E-state index in [2.05, 4.69) is 31.9 Å². The summed E-state index contributed by atoms with van der Waals surface area (Å²) in [5.41, 5.74) is 1.18. The van der Waals surface area contributed by atoms with Crippen LogP contribution in [0.5, 0.6) is 11.5 Å². The summed E-state index contributed by atoms with van der Waals surface area (Å²) in [4.78, 5) is 12.0. The van der Waals surface area contributed by atoms with Crippen molar-refractivity contribution < 1.29 is 14.6 Å². The van der Waals surface area contributed by atoms with Gasteiger partial charge >= 0.3 is 5.97 Å². The summed E-state index contributed by atoms with van der Waals surface area (Å²) < 4.78 is 6.31. The van der Waals surface area contributed by atoms with Crippen molar-refractivity contribution in [3.63, 3.8) is 0 Å². The van der Waals surface area contributed by atoms with Crippen molar-refractivity contribution >= 4 is 37.8 Å². The van der Waals surface area contributed by atoms with E-state index in [1.54, 1.807) is 18.2 Å². The van der Waals surface area contributed by atoms with E-state index in [0.717, 1.165) is 5.56 Å². The highest BCUT2D eigenvalue weighted by Gasteiger charge is 2.17. The molecule has 0 heterocycles. The van der Waals surface area contributed by atoms with Crippen molar-refractivity contribution in [3.8, 4) is 11.5 Å². The highest BCUT2D eigenvalue weighted by Crippen LogP contribution is 2.32. The predicted molar refractivity (Wildman–Crippen MR) is 79.6 cm³/mol. The van der Waals surface area contributed by atoms with Crippen molar-refractivity contribution in [3.05, 3.63) is 56.5 Å². The molecular formula is C14H10Br2O3. The average Bonchev–Trinajstić information content (AvgIpc) is 2.36. The first-order valence-electron chi connectivity index (χ1n) is 5.44. The predicted octanol–water partition coefficient (Wildman–Crippen LogP) is 4.44. The Balaban J connectivity index is 2.27. The molecule has 2 rings (SSSR count). The van der Waals surface area contributed by atoms with Crippen LogP contribution in [0.1, 0.15) is 15.9 Å². The third kappa shape index (κ3) is 3.36. The molecule has 0 unspecified atom stereocenters. The van der Waals surface area contributed by atoms with Crippen LogP contribution in [0.4, 0.5) is 0 Å². The average molecular weight is 386 g/mol. The minimum absolute atomic E-state index is 0.0989. The maximum atomic E-state index is 12.0. The summed E-state index contributed by atoms with van der Waals surface area (Å²) in [6.07, 6.45) is 0. The van der Waals surface area contributed by atoms with Gasteiger partial charge in [0.25, 0.3) is 0 Å². The second-order valence-corrected chi connectivity index (χ2v) is 5.76. The van der Waals surface area contributed by atoms with Gasteiger partial charge in [-0.15, -0.1) is 0 Å². The highest BCUT2D eigenvalue weighted by molar-refractivity contribution is 9.11. The summed E-state index contributed by atoms with van der Waals surface area (Å²) in [6, 6.07) is 10.3. The van der Waals surface area contributed by atoms with Gasteiger partial charge in [-0.1, -0.05) is 33.6 Å². The highest BCUT2D eigenvalue weighted by atomic mass is 79.9. The van der Waals surface area contributed by atoms with Crippen molar-refractivity contribution in [1.82, 2.24) is 0 Å². The maximum Gasteiger partial charge on any atom is 0.347 e. The van der Waals surface area contributed by atoms with Crippen molar-refractivity contribution in [2.45, 2.75) is 6.92 Å². The largest absolute Gasteiger partial charge is 0.506 e. The topological polar surface area (TPSA) is 46.5 Å². The van der Waals surface area contributed by atoms with Crippen molar-refractivity contribution in [2.24, 2.45) is 0 Å². The van der Waals surface area contributed by atoms with Gasteiger partial charge in [0.05, 0.1) is 4.47 Å². The number of halogens is 2. The molecule has 0 radical (unpaired) electrons. The summed E-state index contributed by atoms with van der Waals surface area (Å²) in [5, 5.41) is 9.85. The Hall–Kier alpha value is -1.33. The van der Waals surface area contributed by atoms with Crippen LogP contribution in [0.15, 0.2) is 45.3 Å². The Morgan fingerprint density at radius 3 is 2.42 bits per heavy atom. The Morgan fingerprint density at radius 2 is 1.79 bits per heavy atom. The van der Waals surface area contributed by atoms with Crippen LogP contribution < -0.4 is 4.74 Å². The van der Waals surface area contributed by atoms with Crippen LogP contribution in [-0.2, 0) is 0 Å². The quantitative estimate of drug-likeness (QED) is 0.613. The van der Waals surface area contributed by atoms with Crippen LogP contribution in [0.3, 0.4) is 0 Å². The van der Waals surface area contributed by atoms with Crippen LogP contribution in [0.25, 0.3) is 0 Å². The van der Waals surface area contributed by atoms with E-state index in [4.69, 9.17) is 4.74 Å². The Bertz CT molecular complexity index is 621. The fourth-order valence-corrected chi connectivity index (χ4v) is 2.72. The minimum atomic E-state index is -0.608. The number of esters is 1. The van der Waals surface area contributed by atoms with Crippen LogP contribution in [0, 0.1) is 6.92 Å². The van der Waals surface area contributed by atoms with Gasteiger partial charge in [0, 0.05) is 4.47 Å². The second kappa shape index (κ2) is 5.75. The molecule has 0 aliphatic heterocycles. The number of ether oxygens (including phenoxy) is 1. The molecule has 0 saturated carbocycles. The molecule has 0 fully saturated rings. The number of hydrogen-bond acceptors (Lipinski definition) is 3. The van der Waals surface area contributed by atoms with E-state index in [0.29, 0.717) is 14.7 Å². The van der Waals surface area contributed by atoms with Gasteiger partial charge in [0.15, 0.2) is 0 Å². The van der Waals surface area contributed by atoms with Crippen molar-refractivity contribution in [2.75, 3.05) is 0 Å². The molecule has 0 bridgehead atoms. The lowest BCUT2D eigenvalue weighted by Crippen LogP contribution is -2.09. The Kier molecular flexibility index (Phi) is 4.27. The fourth-order valence-electron chi connectivity index (χ4n) is 1.49. The monoisotopic (exact) mass is 384 g/mol. The lowest BCUT2D eigenvalue weighted by atomic mass is 10.2. The van der Waals surface area contributed by atoms with Gasteiger partial charge in [-0.3, -0.25) is 0 Å². The zero-order chi connectivity index (χ0) is 14.0. The SMILES string of the molecule is Cc1ccc(OC(=O)c2cc(Br)cc(Br)c2O)cc1. The normalized spacial score (nSPS) is 10.3. The minimum Gasteiger partial charge on any atom is -0.506 e. The molecule has 0 aliphatic rings. The molecule has 0 atom stereocenters. The van der Waals surface area contributed by atoms with E-state index in [-0.39, 0.29) is 11.3 Å². The number of rotatable bonds is 2. The summed E-state index contributed by atoms with van der Waals surface area (Å²) in [7, 11) is 0. The molecule has 0 aromatic heterocycles. The number of carbonyl (C=O) groups is 1. The molecule has 0 spiro atoms. The summed E-state index contributed by atoms with van der Waals surface area (Å²) >= 11 is 6.43. The molecule has 0 saturated heterocycles. The van der Waals surface area contributed by atoms with Gasteiger partial charge < -0.3 is 9.84 Å². The molecule has 5 heteroatoms. The third-order valence-corrected chi connectivity index (χ3v) is 3.54. The molecule has 0 aliphatic carbocycles. The van der Waals surface area contributed by atoms with E-state index in [9.17, 15) is 9.90 Å². The number of carbonyl (C=O) groups excluding carboxylic acids is 1. The van der Waals surface area contributed by atoms with Gasteiger partial charge in [-0.25, -0.2) is 4.79 Å². The second-order valence-electron chi connectivity index (χ2n) is 3.99. The number of hydrogen-bond donors (Lipinski definition) is 1. The molecule has 2 aromatic carbocycles. The lowest BCUT2D eigenvalue weighted by Gasteiger charge is -2.08. The molecule has 98 valence electrons. The molecule has 2 aromatic rings. The van der Waals surface area contributed by atoms with Gasteiger partial charge in [-0.05, 0) is 47.1 Å². The number of phenolic OH excluding ortho intramolecular Hbond substituents is 1. The zero-order valence-corrected chi connectivity index (χ0v) is 13.2. The fraction of sp³-hybridized carbons (Fsp3) is 0.0714. The van der Waals surface area contributed by atoms with E-state index in [1.165, 1.54) is 6.07 Å². The van der Waals surface area contributed by atoms with Crippen LogP contribution in [-0.4, -0.2) is 11.1 Å². The standard InChI is InChI=1S/C14H10Br2O3/c1-8-2-4-10(5-3-8)19-14(18)11-6-9(15)7-12(16)13(11)17/h2-7,17H,1H3. The van der Waals surface area contributed by atoms with Crippen LogP contribution in [0.2, 0.25) is 0 Å². The summed E-state index contributed by atoms with van der Waals surface area (Å²) in [6.45, 7) is 1.95. The van der Waals surface area contributed by atoms with Gasteiger partial charge in [-0.2, -0.15) is 0 Å². The van der Waals surface area contributed by atoms with Gasteiger partial charge in [0.1, 0.15) is 17.1 Å². The number of aromatic hydroxyl groups is 1. The van der Waals surface area contributed by atoms with E-state index >= 15 is 0 Å². The molecule has 3 nitrogen and oxygen atoms in total. The zero-order valence-electron chi connectivity index (χ0n) is 9.98. The van der Waals surface area contributed by atoms with E-state index in [1.807, 2.05) is 19.1 Å². The smallest absolute Gasteiger partial charge is 0.347 e. The van der Waals surface area contributed by atoms with E-state index < -0.39 is 5.97 Å². The Morgan fingerprint density at radius 1 is 1.16 bits per heavy atom. The summed E-state index contributed by atoms with van der Waals surface area (Å²) in [5.74, 6) is -0.310. The first-order valence-corrected chi connectivity index (χ1v) is 7.03. The molecule has 0 amide bonds. The number of benzene rings is 2. The Labute approximate surface area is 127 Å². The molecule has 1 N–H and O–H groups in total.